The Morgan fingerprint density at radius 2 is 1.65 bits per heavy atom. The molecule has 0 amide bonds. The zero-order valence-electron chi connectivity index (χ0n) is 12.3. The zero-order valence-corrected chi connectivity index (χ0v) is 12.3. The Morgan fingerprint density at radius 3 is 2.35 bits per heavy atom. The first kappa shape index (κ1) is 14.1. The smallest absolute Gasteiger partial charge is 0.0480 e. The highest BCUT2D eigenvalue weighted by Crippen LogP contribution is 2.14. The number of nitrogens with one attached hydrogen (secondary N) is 1. The Bertz CT molecular complexity index is 392. The summed E-state index contributed by atoms with van der Waals surface area (Å²) in [5, 5.41) is 3.64. The average Bonchev–Trinajstić information content (AvgIpc) is 3.01. The summed E-state index contributed by atoms with van der Waals surface area (Å²) in [5.41, 5.74) is 2.84. The van der Waals surface area contributed by atoms with E-state index in [1.807, 2.05) is 0 Å². The van der Waals surface area contributed by atoms with Crippen LogP contribution in [0.15, 0.2) is 24.3 Å². The third kappa shape index (κ3) is 4.05. The van der Waals surface area contributed by atoms with Crippen LogP contribution < -0.4 is 5.32 Å². The van der Waals surface area contributed by atoms with Gasteiger partial charge in [0.05, 0.1) is 0 Å². The number of nitrogens with zero attached hydrogens (tertiary/aromatic N) is 1. The normalized spacial score (nSPS) is 21.4. The average molecular weight is 274 g/mol. The molecule has 1 aromatic carbocycles. The van der Waals surface area contributed by atoms with E-state index < -0.39 is 0 Å². The molecule has 3 nitrogen and oxygen atoms in total. The molecule has 20 heavy (non-hydrogen) atoms. The van der Waals surface area contributed by atoms with E-state index in [9.17, 15) is 0 Å². The van der Waals surface area contributed by atoms with E-state index in [0.29, 0.717) is 6.04 Å². The molecule has 2 aliphatic heterocycles. The topological polar surface area (TPSA) is 24.5 Å². The Labute approximate surface area is 122 Å². The molecule has 0 atom stereocenters. The van der Waals surface area contributed by atoms with Crippen molar-refractivity contribution < 1.29 is 4.74 Å². The molecule has 0 saturated carbocycles. The van der Waals surface area contributed by atoms with Crippen LogP contribution in [0.2, 0.25) is 0 Å². The van der Waals surface area contributed by atoms with Crippen molar-refractivity contribution in [2.24, 2.45) is 0 Å². The molecule has 1 aromatic rings. The lowest BCUT2D eigenvalue weighted by atomic mass is 10.1. The van der Waals surface area contributed by atoms with E-state index in [0.717, 1.165) is 39.1 Å². The Hall–Kier alpha value is -0.900. The van der Waals surface area contributed by atoms with Gasteiger partial charge >= 0.3 is 0 Å². The SMILES string of the molecule is c1cc(CN2CCCC2)ccc1CNC1CCOCC1. The highest BCUT2D eigenvalue weighted by molar-refractivity contribution is 5.22. The lowest BCUT2D eigenvalue weighted by molar-refractivity contribution is 0.0776. The van der Waals surface area contributed by atoms with Crippen LogP contribution in [0.5, 0.6) is 0 Å². The first-order valence-corrected chi connectivity index (χ1v) is 8.01. The van der Waals surface area contributed by atoms with Crippen LogP contribution in [0, 0.1) is 0 Å². The van der Waals surface area contributed by atoms with Gasteiger partial charge in [-0.15, -0.1) is 0 Å². The van der Waals surface area contributed by atoms with Crippen LogP contribution in [0.3, 0.4) is 0 Å². The predicted molar refractivity (Wildman–Crippen MR) is 81.6 cm³/mol. The van der Waals surface area contributed by atoms with Gasteiger partial charge in [-0.1, -0.05) is 24.3 Å². The molecule has 2 aliphatic rings. The molecule has 2 fully saturated rings. The van der Waals surface area contributed by atoms with Crippen molar-refractivity contribution in [1.29, 1.82) is 0 Å². The fourth-order valence-corrected chi connectivity index (χ4v) is 3.13. The second kappa shape index (κ2) is 7.21. The fourth-order valence-electron chi connectivity index (χ4n) is 3.13. The van der Waals surface area contributed by atoms with Gasteiger partial charge in [-0.25, -0.2) is 0 Å². The summed E-state index contributed by atoms with van der Waals surface area (Å²) in [4.78, 5) is 2.55. The number of ether oxygens (including phenoxy) is 1. The molecule has 2 heterocycles. The number of hydrogen-bond acceptors (Lipinski definition) is 3. The summed E-state index contributed by atoms with van der Waals surface area (Å²) in [5.74, 6) is 0. The third-order valence-corrected chi connectivity index (χ3v) is 4.44. The first-order valence-electron chi connectivity index (χ1n) is 8.01. The maximum Gasteiger partial charge on any atom is 0.0480 e. The Balaban J connectivity index is 1.45. The van der Waals surface area contributed by atoms with Crippen molar-refractivity contribution in [1.82, 2.24) is 10.2 Å². The van der Waals surface area contributed by atoms with Gasteiger partial charge in [0.2, 0.25) is 0 Å². The number of benzene rings is 1. The van der Waals surface area contributed by atoms with Gasteiger partial charge in [0.25, 0.3) is 0 Å². The van der Waals surface area contributed by atoms with Crippen LogP contribution in [0.4, 0.5) is 0 Å². The van der Waals surface area contributed by atoms with E-state index in [1.54, 1.807) is 0 Å². The van der Waals surface area contributed by atoms with Crippen molar-refractivity contribution >= 4 is 0 Å². The Kier molecular flexibility index (Phi) is 5.06. The summed E-state index contributed by atoms with van der Waals surface area (Å²) >= 11 is 0. The van der Waals surface area contributed by atoms with Gasteiger partial charge in [-0.3, -0.25) is 4.90 Å². The van der Waals surface area contributed by atoms with Gasteiger partial charge in [0.1, 0.15) is 0 Å². The van der Waals surface area contributed by atoms with Crippen molar-refractivity contribution in [3.05, 3.63) is 35.4 Å². The largest absolute Gasteiger partial charge is 0.381 e. The maximum atomic E-state index is 5.39. The summed E-state index contributed by atoms with van der Waals surface area (Å²) < 4.78 is 5.39. The molecule has 1 N–H and O–H groups in total. The minimum atomic E-state index is 0.632. The summed E-state index contributed by atoms with van der Waals surface area (Å²) in [7, 11) is 0. The molecule has 0 spiro atoms. The highest BCUT2D eigenvalue weighted by Gasteiger charge is 2.13. The molecule has 0 aromatic heterocycles. The summed E-state index contributed by atoms with van der Waals surface area (Å²) in [6.45, 7) is 6.46. The van der Waals surface area contributed by atoms with Gasteiger partial charge in [-0.05, 0) is 49.9 Å². The van der Waals surface area contributed by atoms with Crippen LogP contribution >= 0.6 is 0 Å². The molecular weight excluding hydrogens is 248 g/mol. The van der Waals surface area contributed by atoms with Crippen molar-refractivity contribution in [2.45, 2.75) is 44.8 Å². The van der Waals surface area contributed by atoms with Gasteiger partial charge in [-0.2, -0.15) is 0 Å². The lowest BCUT2D eigenvalue weighted by Crippen LogP contribution is -2.34. The third-order valence-electron chi connectivity index (χ3n) is 4.44. The summed E-state index contributed by atoms with van der Waals surface area (Å²) in [6, 6.07) is 9.77. The van der Waals surface area contributed by atoms with Crippen molar-refractivity contribution in [2.75, 3.05) is 26.3 Å². The second-order valence-electron chi connectivity index (χ2n) is 6.07. The van der Waals surface area contributed by atoms with E-state index in [4.69, 9.17) is 4.74 Å². The van der Waals surface area contributed by atoms with Crippen molar-refractivity contribution in [3.63, 3.8) is 0 Å². The molecule has 3 heteroatoms. The van der Waals surface area contributed by atoms with Gasteiger partial charge < -0.3 is 10.1 Å². The standard InChI is InChI=1S/C17H26N2O/c1-2-10-19(9-1)14-16-5-3-15(4-6-16)13-18-17-7-11-20-12-8-17/h3-6,17-18H,1-2,7-14H2. The quantitative estimate of drug-likeness (QED) is 0.893. The fraction of sp³-hybridized carbons (Fsp3) is 0.647. The zero-order chi connectivity index (χ0) is 13.6. The van der Waals surface area contributed by atoms with Crippen LogP contribution in [-0.2, 0) is 17.8 Å². The number of hydrogen-bond donors (Lipinski definition) is 1. The summed E-state index contributed by atoms with van der Waals surface area (Å²) in [6.07, 6.45) is 5.03. The highest BCUT2D eigenvalue weighted by atomic mass is 16.5. The van der Waals surface area contributed by atoms with E-state index in [2.05, 4.69) is 34.5 Å². The molecule has 2 saturated heterocycles. The van der Waals surface area contributed by atoms with Crippen LogP contribution in [0.1, 0.15) is 36.8 Å². The molecule has 110 valence electrons. The molecule has 0 aliphatic carbocycles. The van der Waals surface area contributed by atoms with Crippen molar-refractivity contribution in [3.8, 4) is 0 Å². The van der Waals surface area contributed by atoms with Crippen LogP contribution in [0.25, 0.3) is 0 Å². The van der Waals surface area contributed by atoms with Gasteiger partial charge in [0, 0.05) is 32.3 Å². The van der Waals surface area contributed by atoms with Gasteiger partial charge in [0.15, 0.2) is 0 Å². The molecule has 3 rings (SSSR count). The van der Waals surface area contributed by atoms with E-state index >= 15 is 0 Å². The van der Waals surface area contributed by atoms with Crippen LogP contribution in [-0.4, -0.2) is 37.2 Å². The second-order valence-corrected chi connectivity index (χ2v) is 6.07. The minimum Gasteiger partial charge on any atom is -0.381 e. The number of rotatable bonds is 5. The molecule has 0 bridgehead atoms. The van der Waals surface area contributed by atoms with E-state index in [1.165, 1.54) is 37.1 Å². The minimum absolute atomic E-state index is 0.632. The maximum absolute atomic E-state index is 5.39. The monoisotopic (exact) mass is 274 g/mol. The Morgan fingerprint density at radius 1 is 1.00 bits per heavy atom. The lowest BCUT2D eigenvalue weighted by Gasteiger charge is -2.23. The molecular formula is C17H26N2O. The molecule has 0 unspecified atom stereocenters. The number of likely N-dealkylation sites (tertiary alicyclic amines) is 1. The van der Waals surface area contributed by atoms with E-state index in [-0.39, 0.29) is 0 Å². The predicted octanol–water partition coefficient (Wildman–Crippen LogP) is 2.55. The molecule has 0 radical (unpaired) electrons. The first-order chi connectivity index (χ1) is 9.90.